The van der Waals surface area contributed by atoms with Gasteiger partial charge in [-0.3, -0.25) is 0 Å². The number of carbonyl (C=O) groups excluding carboxylic acids is 1. The zero-order valence-electron chi connectivity index (χ0n) is 27.5. The molecular weight excluding hydrogens is 587 g/mol. The van der Waals surface area contributed by atoms with Crippen molar-refractivity contribution in [3.05, 3.63) is 81.4 Å². The van der Waals surface area contributed by atoms with E-state index < -0.39 is 5.54 Å². The standard InChI is InChI=1S/C45H35NO2/c1-3-5-6-7-8-9-10-27(44(47)48-4-2)45(46)42-25-17-23-15-21-13-19-11-12-20-14-22-16-24-18-26(43(42)45)35-34(25)38-32(23)30(21)36-28(19)29(20)37-31(22)33(24)39(35)41(38)40(36)37/h10-14,17-18,42-43H,3-9,15-16,46H2,1-2H3. The largest absolute Gasteiger partial charge is 0.463 e. The van der Waals surface area contributed by atoms with Crippen LogP contribution < -0.4 is 5.73 Å². The minimum absolute atomic E-state index is 0.0770. The van der Waals surface area contributed by atoms with Crippen LogP contribution in [0.5, 0.6) is 0 Å². The molecule has 48 heavy (non-hydrogen) atoms. The summed E-state index contributed by atoms with van der Waals surface area (Å²) in [6.45, 7) is 4.52. The van der Waals surface area contributed by atoms with Gasteiger partial charge in [0.2, 0.25) is 0 Å². The lowest BCUT2D eigenvalue weighted by atomic mass is 9.87. The summed E-state index contributed by atoms with van der Waals surface area (Å²) in [7, 11) is 0. The van der Waals surface area contributed by atoms with Crippen molar-refractivity contribution in [2.24, 2.45) is 5.73 Å². The zero-order valence-corrected chi connectivity index (χ0v) is 27.5. The lowest BCUT2D eigenvalue weighted by Crippen LogP contribution is -2.34. The van der Waals surface area contributed by atoms with Crippen molar-refractivity contribution in [2.75, 3.05) is 6.61 Å². The molecule has 0 saturated heterocycles. The highest BCUT2D eigenvalue weighted by Gasteiger charge is 2.69. The molecule has 13 rings (SSSR count). The molecule has 9 aromatic rings. The van der Waals surface area contributed by atoms with Crippen molar-refractivity contribution in [3.8, 4) is 0 Å². The smallest absolute Gasteiger partial charge is 0.335 e. The lowest BCUT2D eigenvalue weighted by molar-refractivity contribution is -0.139. The monoisotopic (exact) mass is 621 g/mol. The average Bonchev–Trinajstić information content (AvgIpc) is 3.51. The van der Waals surface area contributed by atoms with Crippen LogP contribution in [0.4, 0.5) is 0 Å². The number of unbranched alkanes of at least 4 members (excludes halogenated alkanes) is 5. The topological polar surface area (TPSA) is 52.3 Å². The molecule has 4 aliphatic rings. The maximum absolute atomic E-state index is 13.9. The van der Waals surface area contributed by atoms with Crippen LogP contribution >= 0.6 is 0 Å². The first-order valence-corrected chi connectivity index (χ1v) is 18.5. The molecule has 3 heteroatoms. The molecule has 3 nitrogen and oxygen atoms in total. The molecule has 0 amide bonds. The number of fused-ring (bicyclic) bond motifs is 3. The highest BCUT2D eigenvalue weighted by molar-refractivity contribution is 6.58. The Balaban J connectivity index is 1.15. The molecule has 9 aromatic carbocycles. The third-order valence-electron chi connectivity index (χ3n) is 13.8. The van der Waals surface area contributed by atoms with Gasteiger partial charge >= 0.3 is 5.97 Å². The first-order chi connectivity index (χ1) is 23.6. The van der Waals surface area contributed by atoms with E-state index in [2.05, 4.69) is 49.4 Å². The highest BCUT2D eigenvalue weighted by Crippen LogP contribution is 2.73. The second-order valence-electron chi connectivity index (χ2n) is 15.9. The van der Waals surface area contributed by atoms with E-state index in [-0.39, 0.29) is 17.8 Å². The molecule has 2 N–H and O–H groups in total. The molecule has 2 unspecified atom stereocenters. The summed E-state index contributed by atoms with van der Waals surface area (Å²) in [6.07, 6.45) is 11.0. The fraction of sp³-hybridized carbons (Fsp3) is 0.311. The minimum atomic E-state index is -0.764. The molecule has 2 atom stereocenters. The molecule has 232 valence electrons. The predicted octanol–water partition coefficient (Wildman–Crippen LogP) is 10.7. The first-order valence-electron chi connectivity index (χ1n) is 18.5. The molecule has 0 heterocycles. The minimum Gasteiger partial charge on any atom is -0.463 e. The van der Waals surface area contributed by atoms with E-state index in [9.17, 15) is 4.79 Å². The van der Waals surface area contributed by atoms with E-state index in [1.54, 1.807) is 0 Å². The number of rotatable bonds is 9. The van der Waals surface area contributed by atoms with Gasteiger partial charge in [-0.15, -0.1) is 0 Å². The predicted molar refractivity (Wildman–Crippen MR) is 199 cm³/mol. The Kier molecular flexibility index (Phi) is 4.19. The van der Waals surface area contributed by atoms with Crippen LogP contribution in [0.2, 0.25) is 0 Å². The van der Waals surface area contributed by atoms with Crippen molar-refractivity contribution >= 4 is 92.1 Å². The fourth-order valence-electron chi connectivity index (χ4n) is 12.2. The SMILES string of the molecule is CCCCCCCC=C(C(=O)OCC)C1(N)C2c3cc4c5c6c(cc7ccc8cc9c%10c%11c(cc(c%12c3c5c(c%12%11)c3c6c7c8c%103)C21)C9)C4. The highest BCUT2D eigenvalue weighted by atomic mass is 16.5. The van der Waals surface area contributed by atoms with E-state index >= 15 is 0 Å². The molecule has 0 aliphatic heterocycles. The average molecular weight is 622 g/mol. The summed E-state index contributed by atoms with van der Waals surface area (Å²) in [5, 5.41) is 23.7. The van der Waals surface area contributed by atoms with Gasteiger partial charge in [-0.05, 0) is 152 Å². The summed E-state index contributed by atoms with van der Waals surface area (Å²) in [5.41, 5.74) is 16.3. The molecule has 0 spiro atoms. The first kappa shape index (κ1) is 25.5. The van der Waals surface area contributed by atoms with Gasteiger partial charge in [-0.25, -0.2) is 4.79 Å². The van der Waals surface area contributed by atoms with Gasteiger partial charge in [0.25, 0.3) is 0 Å². The summed E-state index contributed by atoms with van der Waals surface area (Å²) in [5.74, 6) is -0.0663. The number of hydrogen-bond acceptors (Lipinski definition) is 3. The Morgan fingerprint density at radius 2 is 1.15 bits per heavy atom. The quantitative estimate of drug-likeness (QED) is 0.0755. The molecule has 0 aromatic heterocycles. The normalized spacial score (nSPS) is 22.4. The Hall–Kier alpha value is -4.47. The van der Waals surface area contributed by atoms with Crippen LogP contribution in [0.15, 0.2) is 48.0 Å². The van der Waals surface area contributed by atoms with E-state index in [0.717, 1.165) is 25.7 Å². The molecule has 1 saturated carbocycles. The summed E-state index contributed by atoms with van der Waals surface area (Å²) in [4.78, 5) is 13.9. The van der Waals surface area contributed by atoms with Crippen LogP contribution in [0.25, 0.3) is 86.2 Å². The van der Waals surface area contributed by atoms with E-state index in [1.165, 1.54) is 145 Å². The molecule has 4 aliphatic carbocycles. The summed E-state index contributed by atoms with van der Waals surface area (Å²) < 4.78 is 5.78. The number of allylic oxidation sites excluding steroid dienone is 1. The molecule has 0 bridgehead atoms. The Morgan fingerprint density at radius 1 is 0.667 bits per heavy atom. The van der Waals surface area contributed by atoms with Crippen molar-refractivity contribution in [2.45, 2.75) is 82.6 Å². The van der Waals surface area contributed by atoms with Crippen LogP contribution in [0.3, 0.4) is 0 Å². The number of benzene rings is 7. The van der Waals surface area contributed by atoms with Crippen LogP contribution in [0.1, 0.15) is 97.6 Å². The lowest BCUT2D eigenvalue weighted by Gasteiger charge is -2.17. The second-order valence-corrected chi connectivity index (χ2v) is 15.9. The maximum atomic E-state index is 13.9. The maximum Gasteiger partial charge on any atom is 0.335 e. The van der Waals surface area contributed by atoms with Crippen LogP contribution in [-0.2, 0) is 22.4 Å². The van der Waals surface area contributed by atoms with E-state index in [0.29, 0.717) is 12.2 Å². The van der Waals surface area contributed by atoms with Crippen LogP contribution in [-0.4, -0.2) is 18.1 Å². The Morgan fingerprint density at radius 3 is 1.67 bits per heavy atom. The number of carbonyl (C=O) groups is 1. The second kappa shape index (κ2) is 7.87. The molecule has 1 fully saturated rings. The number of nitrogens with two attached hydrogens (primary N) is 1. The van der Waals surface area contributed by atoms with Crippen molar-refractivity contribution < 1.29 is 9.53 Å². The zero-order chi connectivity index (χ0) is 31.5. The molecular formula is C45H35NO2. The van der Waals surface area contributed by atoms with Gasteiger partial charge in [0.1, 0.15) is 0 Å². The van der Waals surface area contributed by atoms with E-state index in [4.69, 9.17) is 10.5 Å². The number of hydrogen-bond donors (Lipinski definition) is 1. The van der Waals surface area contributed by atoms with Gasteiger partial charge in [-0.2, -0.15) is 0 Å². The van der Waals surface area contributed by atoms with Crippen molar-refractivity contribution in [1.29, 1.82) is 0 Å². The third kappa shape index (κ3) is 2.43. The van der Waals surface area contributed by atoms with Crippen LogP contribution in [0, 0.1) is 0 Å². The Labute approximate surface area is 277 Å². The van der Waals surface area contributed by atoms with Gasteiger partial charge in [-0.1, -0.05) is 75.1 Å². The van der Waals surface area contributed by atoms with Crippen molar-refractivity contribution in [1.82, 2.24) is 0 Å². The van der Waals surface area contributed by atoms with Gasteiger partial charge in [0.05, 0.1) is 17.7 Å². The number of esters is 1. The van der Waals surface area contributed by atoms with Gasteiger partial charge in [0, 0.05) is 11.8 Å². The van der Waals surface area contributed by atoms with Gasteiger partial charge < -0.3 is 10.5 Å². The fourth-order valence-corrected chi connectivity index (χ4v) is 12.2. The number of ether oxygens (including phenoxy) is 1. The van der Waals surface area contributed by atoms with E-state index in [1.807, 2.05) is 6.92 Å². The molecule has 0 radical (unpaired) electrons. The Bertz CT molecular complexity index is 2790. The summed E-state index contributed by atoms with van der Waals surface area (Å²) in [6, 6.07) is 14.8. The van der Waals surface area contributed by atoms with Gasteiger partial charge in [0.15, 0.2) is 0 Å². The third-order valence-corrected chi connectivity index (χ3v) is 13.8. The van der Waals surface area contributed by atoms with Crippen molar-refractivity contribution in [3.63, 3.8) is 0 Å². The summed E-state index contributed by atoms with van der Waals surface area (Å²) >= 11 is 0.